The van der Waals surface area contributed by atoms with E-state index in [-0.39, 0.29) is 22.7 Å². The summed E-state index contributed by atoms with van der Waals surface area (Å²) in [6, 6.07) is 16.8. The summed E-state index contributed by atoms with van der Waals surface area (Å²) in [5.41, 5.74) is 2.35. The molecule has 1 aromatic heterocycles. The number of carboxylic acids is 2. The first-order valence-corrected chi connectivity index (χ1v) is 13.3. The molecule has 0 atom stereocenters. The largest absolute Gasteiger partial charge is 0.479 e. The third-order valence-electron chi connectivity index (χ3n) is 5.91. The maximum atomic E-state index is 13.5. The van der Waals surface area contributed by atoms with Crippen LogP contribution in [0.2, 0.25) is 0 Å². The number of anilines is 1. The highest BCUT2D eigenvalue weighted by atomic mass is 79.9. The van der Waals surface area contributed by atoms with E-state index >= 15 is 0 Å². The van der Waals surface area contributed by atoms with Gasteiger partial charge in [0, 0.05) is 18.3 Å². The van der Waals surface area contributed by atoms with Crippen molar-refractivity contribution in [3.05, 3.63) is 69.5 Å². The van der Waals surface area contributed by atoms with E-state index in [1.165, 1.54) is 0 Å². The molecule has 1 aliphatic heterocycles. The molecule has 1 fully saturated rings. The second-order valence-corrected chi connectivity index (χ2v) is 10.3. The number of benzene rings is 2. The van der Waals surface area contributed by atoms with E-state index in [0.29, 0.717) is 27.1 Å². The van der Waals surface area contributed by atoms with Gasteiger partial charge in [-0.2, -0.15) is 0 Å². The van der Waals surface area contributed by atoms with Gasteiger partial charge in [-0.15, -0.1) is 11.3 Å². The van der Waals surface area contributed by atoms with Crippen molar-refractivity contribution in [2.45, 2.75) is 25.4 Å². The molecule has 11 heteroatoms. The van der Waals surface area contributed by atoms with Crippen LogP contribution in [-0.4, -0.2) is 53.9 Å². The maximum Gasteiger partial charge on any atom is 0.349 e. The molecule has 0 unspecified atom stereocenters. The van der Waals surface area contributed by atoms with Crippen LogP contribution in [0.4, 0.5) is 10.5 Å². The van der Waals surface area contributed by atoms with E-state index < -0.39 is 18.5 Å². The normalized spacial score (nSPS) is 13.6. The molecule has 0 aliphatic carbocycles. The highest BCUT2D eigenvalue weighted by Gasteiger charge is 2.28. The van der Waals surface area contributed by atoms with Crippen LogP contribution in [0.1, 0.15) is 28.1 Å². The van der Waals surface area contributed by atoms with Crippen LogP contribution in [0.25, 0.3) is 10.4 Å². The minimum atomic E-state index is -1.22. The molecule has 0 saturated carbocycles. The van der Waals surface area contributed by atoms with E-state index in [1.54, 1.807) is 4.90 Å². The van der Waals surface area contributed by atoms with Gasteiger partial charge in [-0.25, -0.2) is 14.4 Å². The first kappa shape index (κ1) is 26.6. The Morgan fingerprint density at radius 2 is 1.81 bits per heavy atom. The molecule has 2 heterocycles. The quantitative estimate of drug-likeness (QED) is 0.283. The Kier molecular flexibility index (Phi) is 8.80. The predicted molar refractivity (Wildman–Crippen MR) is 145 cm³/mol. The lowest BCUT2D eigenvalue weighted by Gasteiger charge is -2.35. The van der Waals surface area contributed by atoms with Gasteiger partial charge in [-0.1, -0.05) is 42.5 Å². The first-order chi connectivity index (χ1) is 17.8. The number of carbonyl (C=O) groups is 3. The Morgan fingerprint density at radius 3 is 2.49 bits per heavy atom. The van der Waals surface area contributed by atoms with E-state index in [9.17, 15) is 19.5 Å². The van der Waals surface area contributed by atoms with Gasteiger partial charge in [0.1, 0.15) is 0 Å². The molecule has 194 valence electrons. The summed E-state index contributed by atoms with van der Waals surface area (Å²) in [6.07, 6.45) is 1.59. The van der Waals surface area contributed by atoms with Crippen molar-refractivity contribution >= 4 is 50.9 Å². The van der Waals surface area contributed by atoms with Crippen LogP contribution in [0.15, 0.2) is 59.1 Å². The smallest absolute Gasteiger partial charge is 0.349 e. The Labute approximate surface area is 226 Å². The van der Waals surface area contributed by atoms with Crippen molar-refractivity contribution in [1.82, 2.24) is 10.6 Å². The number of nitrogens with zero attached hydrogens (tertiary/aromatic N) is 1. The van der Waals surface area contributed by atoms with Crippen LogP contribution in [0.3, 0.4) is 0 Å². The van der Waals surface area contributed by atoms with Gasteiger partial charge in [0.15, 0.2) is 17.2 Å². The molecule has 0 radical (unpaired) electrons. The topological polar surface area (TPSA) is 128 Å². The van der Waals surface area contributed by atoms with Crippen molar-refractivity contribution in [1.29, 1.82) is 0 Å². The standard InChI is InChI=1S/C26H26BrN3O6S/c27-21-22(36-15-20(31)32)24(25(33)34)37-23(21)17-7-4-8-19(13-17)30(18-9-11-28-12-10-18)26(35)29-14-16-5-2-1-3-6-16/h1-8,13,18,28H,9-12,14-15H2,(H,29,35)(H,31,32)(H,33,34). The number of ether oxygens (including phenoxy) is 1. The zero-order valence-corrected chi connectivity index (χ0v) is 22.2. The second-order valence-electron chi connectivity index (χ2n) is 8.44. The summed E-state index contributed by atoms with van der Waals surface area (Å²) < 4.78 is 5.64. The summed E-state index contributed by atoms with van der Waals surface area (Å²) in [7, 11) is 0. The minimum absolute atomic E-state index is 0.0110. The number of halogens is 1. The Bertz CT molecular complexity index is 1280. The van der Waals surface area contributed by atoms with Crippen molar-refractivity contribution in [3.8, 4) is 16.2 Å². The third-order valence-corrected chi connectivity index (χ3v) is 8.14. The molecular formula is C26H26BrN3O6S. The van der Waals surface area contributed by atoms with E-state index in [0.717, 1.165) is 42.8 Å². The number of thiophene rings is 1. The number of carbonyl (C=O) groups excluding carboxylic acids is 1. The number of piperidine rings is 1. The van der Waals surface area contributed by atoms with Gasteiger partial charge >= 0.3 is 18.0 Å². The Morgan fingerprint density at radius 1 is 1.08 bits per heavy atom. The van der Waals surface area contributed by atoms with Crippen LogP contribution < -0.4 is 20.3 Å². The summed E-state index contributed by atoms with van der Waals surface area (Å²) in [5.74, 6) is -2.46. The van der Waals surface area contributed by atoms with Crippen LogP contribution in [0.5, 0.6) is 5.75 Å². The zero-order valence-electron chi connectivity index (χ0n) is 19.8. The number of rotatable bonds is 9. The molecule has 4 N–H and O–H groups in total. The second kappa shape index (κ2) is 12.2. The van der Waals surface area contributed by atoms with E-state index in [4.69, 9.17) is 9.84 Å². The maximum absolute atomic E-state index is 13.5. The van der Waals surface area contributed by atoms with Crippen molar-refractivity contribution in [2.24, 2.45) is 0 Å². The summed E-state index contributed by atoms with van der Waals surface area (Å²) >= 11 is 4.38. The number of carboxylic acid groups (broad SMARTS) is 2. The third kappa shape index (κ3) is 6.48. The van der Waals surface area contributed by atoms with Gasteiger partial charge in [-0.05, 0) is 65.1 Å². The first-order valence-electron chi connectivity index (χ1n) is 11.7. The van der Waals surface area contributed by atoms with Gasteiger partial charge in [0.2, 0.25) is 0 Å². The molecule has 37 heavy (non-hydrogen) atoms. The van der Waals surface area contributed by atoms with Crippen LogP contribution in [-0.2, 0) is 11.3 Å². The summed E-state index contributed by atoms with van der Waals surface area (Å²) in [6.45, 7) is 1.33. The number of aliphatic carboxylic acids is 1. The van der Waals surface area contributed by atoms with Gasteiger partial charge in [0.05, 0.1) is 9.35 Å². The number of nitrogens with one attached hydrogen (secondary N) is 2. The van der Waals surface area contributed by atoms with E-state index in [1.807, 2.05) is 54.6 Å². The molecule has 1 saturated heterocycles. The molecule has 2 aromatic carbocycles. The van der Waals surface area contributed by atoms with Gasteiger partial charge in [0.25, 0.3) is 0 Å². The fourth-order valence-corrected chi connectivity index (χ4v) is 6.09. The number of aromatic carboxylic acids is 1. The highest BCUT2D eigenvalue weighted by molar-refractivity contribution is 9.10. The fraction of sp³-hybridized carbons (Fsp3) is 0.269. The molecular weight excluding hydrogens is 562 g/mol. The molecule has 1 aliphatic rings. The monoisotopic (exact) mass is 587 g/mol. The van der Waals surface area contributed by atoms with Gasteiger partial charge in [-0.3, -0.25) is 4.90 Å². The number of hydrogen-bond donors (Lipinski definition) is 4. The number of hydrogen-bond acceptors (Lipinski definition) is 6. The Hall–Kier alpha value is -3.41. The SMILES string of the molecule is O=C(O)COc1c(C(=O)O)sc(-c2cccc(N(C(=O)NCc3ccccc3)C3CCNCC3)c2)c1Br. The van der Waals surface area contributed by atoms with E-state index in [2.05, 4.69) is 26.6 Å². The lowest BCUT2D eigenvalue weighted by atomic mass is 10.0. The molecule has 2 amide bonds. The molecule has 4 rings (SSSR count). The lowest BCUT2D eigenvalue weighted by molar-refractivity contribution is -0.139. The predicted octanol–water partition coefficient (Wildman–Crippen LogP) is 4.81. The molecule has 9 nitrogen and oxygen atoms in total. The molecule has 0 spiro atoms. The molecule has 0 bridgehead atoms. The van der Waals surface area contributed by atoms with Gasteiger partial charge < -0.3 is 25.6 Å². The van der Waals surface area contributed by atoms with Crippen LogP contribution >= 0.6 is 27.3 Å². The number of amides is 2. The fourth-order valence-electron chi connectivity index (χ4n) is 4.20. The Balaban J connectivity index is 1.66. The van der Waals surface area contributed by atoms with Crippen molar-refractivity contribution < 1.29 is 29.3 Å². The molecule has 3 aromatic rings. The minimum Gasteiger partial charge on any atom is -0.479 e. The van der Waals surface area contributed by atoms with Crippen molar-refractivity contribution in [2.75, 3.05) is 24.6 Å². The lowest BCUT2D eigenvalue weighted by Crippen LogP contribution is -2.50. The number of urea groups is 1. The highest BCUT2D eigenvalue weighted by Crippen LogP contribution is 2.46. The zero-order chi connectivity index (χ0) is 26.4. The van der Waals surface area contributed by atoms with Crippen molar-refractivity contribution in [3.63, 3.8) is 0 Å². The average molecular weight is 588 g/mol. The summed E-state index contributed by atoms with van der Waals surface area (Å²) in [4.78, 5) is 38.5. The average Bonchev–Trinajstić information content (AvgIpc) is 3.24. The van der Waals surface area contributed by atoms with Crippen LogP contribution in [0, 0.1) is 0 Å². The summed E-state index contributed by atoms with van der Waals surface area (Å²) in [5, 5.41) is 25.0.